The molecule has 3 fully saturated rings. The normalized spacial score (nSPS) is 29.3. The quantitative estimate of drug-likeness (QED) is 0.599. The summed E-state index contributed by atoms with van der Waals surface area (Å²) in [6.45, 7) is 5.98. The highest BCUT2D eigenvalue weighted by Gasteiger charge is 2.66. The molecule has 4 aliphatic rings. The zero-order valence-corrected chi connectivity index (χ0v) is 21.8. The Kier molecular flexibility index (Phi) is 5.83. The third-order valence-corrected chi connectivity index (χ3v) is 8.73. The van der Waals surface area contributed by atoms with E-state index < -0.39 is 17.4 Å². The van der Waals surface area contributed by atoms with Crippen LogP contribution in [0.2, 0.25) is 0 Å². The minimum Gasteiger partial charge on any atom is -0.360 e. The summed E-state index contributed by atoms with van der Waals surface area (Å²) >= 11 is 1.60. The Morgan fingerprint density at radius 3 is 2.83 bits per heavy atom. The van der Waals surface area contributed by atoms with E-state index in [0.29, 0.717) is 19.6 Å². The minimum absolute atomic E-state index is 0.0201. The van der Waals surface area contributed by atoms with E-state index in [-0.39, 0.29) is 23.8 Å². The number of carbonyl (C=O) groups is 2. The number of fused-ring (bicyclic) bond motifs is 1. The van der Waals surface area contributed by atoms with Crippen LogP contribution in [0.5, 0.6) is 0 Å². The fourth-order valence-corrected chi connectivity index (χ4v) is 6.88. The lowest BCUT2D eigenvalue weighted by Crippen LogP contribution is -2.48. The molecule has 4 atom stereocenters. The summed E-state index contributed by atoms with van der Waals surface area (Å²) in [7, 11) is 1.79. The van der Waals surface area contributed by atoms with Crippen molar-refractivity contribution in [2.45, 2.75) is 57.2 Å². The molecule has 6 rings (SSSR count). The van der Waals surface area contributed by atoms with Gasteiger partial charge in [-0.25, -0.2) is 15.0 Å². The van der Waals surface area contributed by atoms with Crippen LogP contribution < -0.4 is 5.32 Å². The van der Waals surface area contributed by atoms with Gasteiger partial charge >= 0.3 is 0 Å². The van der Waals surface area contributed by atoms with Crippen molar-refractivity contribution in [1.29, 1.82) is 0 Å². The van der Waals surface area contributed by atoms with Gasteiger partial charge in [-0.05, 0) is 26.2 Å². The average molecular weight is 509 g/mol. The van der Waals surface area contributed by atoms with E-state index in [1.54, 1.807) is 23.3 Å². The van der Waals surface area contributed by atoms with Crippen LogP contribution in [0.3, 0.4) is 0 Å². The molecule has 190 valence electrons. The van der Waals surface area contributed by atoms with Crippen molar-refractivity contribution in [3.05, 3.63) is 40.8 Å². The number of rotatable bonds is 6. The summed E-state index contributed by atoms with van der Waals surface area (Å²) in [4.78, 5) is 45.4. The van der Waals surface area contributed by atoms with E-state index in [2.05, 4.69) is 17.2 Å². The molecule has 0 unspecified atom stereocenters. The van der Waals surface area contributed by atoms with Crippen molar-refractivity contribution in [2.24, 2.45) is 11.8 Å². The van der Waals surface area contributed by atoms with Crippen molar-refractivity contribution < 1.29 is 14.3 Å². The van der Waals surface area contributed by atoms with Gasteiger partial charge in [0.2, 0.25) is 11.8 Å². The first-order valence-corrected chi connectivity index (χ1v) is 13.7. The Bertz CT molecular complexity index is 1220. The number of aryl methyl sites for hydroxylation is 2. The van der Waals surface area contributed by atoms with Crippen molar-refractivity contribution in [3.63, 3.8) is 0 Å². The number of likely N-dealkylation sites (tertiary alicyclic amines) is 2. The zero-order valence-electron chi connectivity index (χ0n) is 20.9. The first kappa shape index (κ1) is 23.5. The number of thiazole rings is 1. The molecule has 36 heavy (non-hydrogen) atoms. The summed E-state index contributed by atoms with van der Waals surface area (Å²) in [5, 5.41) is 4.17. The number of nitrogens with zero attached hydrogens (tertiary/aromatic N) is 5. The van der Waals surface area contributed by atoms with Crippen LogP contribution in [0.1, 0.15) is 48.5 Å². The molecular formula is C26H32N6O3S. The molecule has 0 aliphatic carbocycles. The first-order valence-electron chi connectivity index (χ1n) is 12.8. The molecule has 3 saturated heterocycles. The summed E-state index contributed by atoms with van der Waals surface area (Å²) < 4.78 is 6.19. The zero-order chi connectivity index (χ0) is 25.0. The minimum atomic E-state index is -0.623. The number of aromatic nitrogens is 3. The Labute approximate surface area is 215 Å². The summed E-state index contributed by atoms with van der Waals surface area (Å²) in [5.41, 5.74) is 0.402. The van der Waals surface area contributed by atoms with Crippen molar-refractivity contribution in [1.82, 2.24) is 24.8 Å². The van der Waals surface area contributed by atoms with Crippen LogP contribution in [0.15, 0.2) is 24.4 Å². The van der Waals surface area contributed by atoms with Crippen LogP contribution in [-0.2, 0) is 20.7 Å². The highest BCUT2D eigenvalue weighted by molar-refractivity contribution is 7.15. The van der Waals surface area contributed by atoms with Gasteiger partial charge in [0, 0.05) is 48.9 Å². The number of carbonyl (C=O) groups excluding carboxylic acids is 2. The van der Waals surface area contributed by atoms with Gasteiger partial charge in [-0.15, -0.1) is 11.3 Å². The molecule has 2 bridgehead atoms. The maximum absolute atomic E-state index is 13.6. The Hall–Kier alpha value is -2.85. The van der Waals surface area contributed by atoms with Gasteiger partial charge in [-0.2, -0.15) is 0 Å². The van der Waals surface area contributed by atoms with E-state index in [0.717, 1.165) is 53.0 Å². The number of hydrogen-bond acceptors (Lipinski definition) is 8. The van der Waals surface area contributed by atoms with Crippen LogP contribution >= 0.6 is 11.3 Å². The SMILES string of the molecule is CCCc1cc(Nc2ncc(C)s2)nc(C2CCN(C(=O)[C@@H]3[C@H]4C=C[C@@]5(CN(C)C(=O)[C@@H]35)O4)CC2)n1. The topological polar surface area (TPSA) is 101 Å². The lowest BCUT2D eigenvalue weighted by Gasteiger charge is -2.35. The van der Waals surface area contributed by atoms with E-state index in [1.165, 1.54) is 0 Å². The molecule has 2 aromatic heterocycles. The van der Waals surface area contributed by atoms with Gasteiger partial charge in [-0.1, -0.05) is 25.5 Å². The van der Waals surface area contributed by atoms with Crippen LogP contribution in [-0.4, -0.2) is 75.0 Å². The van der Waals surface area contributed by atoms with Gasteiger partial charge in [-0.3, -0.25) is 9.59 Å². The van der Waals surface area contributed by atoms with Crippen LogP contribution in [0, 0.1) is 18.8 Å². The van der Waals surface area contributed by atoms with Gasteiger partial charge in [0.05, 0.1) is 24.5 Å². The second-order valence-corrected chi connectivity index (χ2v) is 11.7. The highest BCUT2D eigenvalue weighted by Crippen LogP contribution is 2.52. The van der Waals surface area contributed by atoms with Crippen molar-refractivity contribution >= 4 is 34.1 Å². The third-order valence-electron chi connectivity index (χ3n) is 7.91. The molecule has 4 aliphatic heterocycles. The second kappa shape index (κ2) is 8.92. The Balaban J connectivity index is 1.16. The summed E-state index contributed by atoms with van der Waals surface area (Å²) in [6, 6.07) is 2.01. The van der Waals surface area contributed by atoms with Gasteiger partial charge in [0.25, 0.3) is 0 Å². The summed E-state index contributed by atoms with van der Waals surface area (Å²) in [5.74, 6) is 1.03. The number of nitrogens with one attached hydrogen (secondary N) is 1. The van der Waals surface area contributed by atoms with Gasteiger partial charge in [0.1, 0.15) is 17.2 Å². The first-order chi connectivity index (χ1) is 17.4. The largest absolute Gasteiger partial charge is 0.360 e. The standard InChI is InChI=1S/C26H32N6O3S/c1-4-5-17-12-19(30-25-27-13-15(2)36-25)29-22(28-17)16-7-10-32(11-8-16)23(33)20-18-6-9-26(35-18)14-31(3)24(34)21(20)26/h6,9,12-13,16,18,20-21H,4-5,7-8,10-11,14H2,1-3H3,(H,27,28,29,30)/t18-,20-,21-,26+/m1/s1. The molecule has 2 aromatic rings. The molecule has 9 nitrogen and oxygen atoms in total. The lowest BCUT2D eigenvalue weighted by atomic mass is 9.76. The number of piperidine rings is 1. The molecule has 2 amide bonds. The fraction of sp³-hybridized carbons (Fsp3) is 0.577. The highest BCUT2D eigenvalue weighted by atomic mass is 32.1. The molecule has 10 heteroatoms. The maximum Gasteiger partial charge on any atom is 0.229 e. The van der Waals surface area contributed by atoms with Crippen LogP contribution in [0.25, 0.3) is 0 Å². The number of ether oxygens (including phenoxy) is 1. The predicted octanol–water partition coefficient (Wildman–Crippen LogP) is 3.06. The number of likely N-dealkylation sites (N-methyl/N-ethyl adjacent to an activating group) is 1. The van der Waals surface area contributed by atoms with E-state index >= 15 is 0 Å². The molecule has 0 aromatic carbocycles. The average Bonchev–Trinajstić information content (AvgIpc) is 3.60. The van der Waals surface area contributed by atoms with Crippen molar-refractivity contribution in [2.75, 3.05) is 32.0 Å². The van der Waals surface area contributed by atoms with E-state index in [1.807, 2.05) is 36.2 Å². The monoisotopic (exact) mass is 508 g/mol. The number of anilines is 2. The summed E-state index contributed by atoms with van der Waals surface area (Å²) in [6.07, 6.45) is 9.03. The lowest BCUT2D eigenvalue weighted by molar-refractivity contribution is -0.143. The van der Waals surface area contributed by atoms with E-state index in [9.17, 15) is 9.59 Å². The second-order valence-electron chi connectivity index (χ2n) is 10.4. The van der Waals surface area contributed by atoms with Crippen LogP contribution in [0.4, 0.5) is 10.9 Å². The molecule has 0 saturated carbocycles. The molecule has 6 heterocycles. The molecule has 1 N–H and O–H groups in total. The fourth-order valence-electron chi connectivity index (χ4n) is 6.21. The predicted molar refractivity (Wildman–Crippen MR) is 136 cm³/mol. The maximum atomic E-state index is 13.6. The Morgan fingerprint density at radius 1 is 1.31 bits per heavy atom. The van der Waals surface area contributed by atoms with Crippen molar-refractivity contribution in [3.8, 4) is 0 Å². The molecule has 1 spiro atoms. The van der Waals surface area contributed by atoms with E-state index in [4.69, 9.17) is 14.7 Å². The van der Waals surface area contributed by atoms with Gasteiger partial charge < -0.3 is 19.9 Å². The number of amides is 2. The smallest absolute Gasteiger partial charge is 0.229 e. The molecule has 0 radical (unpaired) electrons. The molecular weight excluding hydrogens is 476 g/mol. The third kappa shape index (κ3) is 3.91. The Morgan fingerprint density at radius 2 is 2.11 bits per heavy atom. The van der Waals surface area contributed by atoms with Gasteiger partial charge in [0.15, 0.2) is 5.13 Å². The number of hydrogen-bond donors (Lipinski definition) is 1.